The van der Waals surface area contributed by atoms with Gasteiger partial charge < -0.3 is 39.0 Å². The lowest BCUT2D eigenvalue weighted by Crippen LogP contribution is -2.54. The zero-order chi connectivity index (χ0) is 37.9. The van der Waals surface area contributed by atoms with E-state index in [-0.39, 0.29) is 47.9 Å². The summed E-state index contributed by atoms with van der Waals surface area (Å²) in [6.07, 6.45) is 0.193. The minimum Gasteiger partial charge on any atom is -0.386 e. The Bertz CT molecular complexity index is 1300. The van der Waals surface area contributed by atoms with Crippen LogP contribution in [0.15, 0.2) is 30.3 Å². The summed E-state index contributed by atoms with van der Waals surface area (Å²) in [6.45, 7) is 15.3. The van der Waals surface area contributed by atoms with Crippen LogP contribution in [0, 0.1) is 17.8 Å². The SMILES string of the molecule is CC[C@H](C)[C@@H]([C@@H](CC(=O)N1CCC[C@H]1[C@H](OC)[C@@H](C)C(=O)N[C@H](C)[C@@H](O)c1ccccc1)OC)N(C)C(=O)C(=INC(=O)C(C)(C)N)C(C)C. The van der Waals surface area contributed by atoms with E-state index in [0.717, 1.165) is 12.8 Å². The van der Waals surface area contributed by atoms with Crippen molar-refractivity contribution in [2.24, 2.45) is 23.5 Å². The summed E-state index contributed by atoms with van der Waals surface area (Å²) in [5.41, 5.74) is 5.62. The number of nitrogens with one attached hydrogen (secondary N) is 2. The highest BCUT2D eigenvalue weighted by Crippen LogP contribution is 2.30. The lowest BCUT2D eigenvalue weighted by molar-refractivity contribution is -0.144. The van der Waals surface area contributed by atoms with E-state index in [9.17, 15) is 24.3 Å². The van der Waals surface area contributed by atoms with Gasteiger partial charge in [-0.2, -0.15) is 0 Å². The Balaban J connectivity index is 2.25. The molecule has 1 aromatic rings. The molecular weight excluding hydrogens is 753 g/mol. The molecule has 1 fully saturated rings. The summed E-state index contributed by atoms with van der Waals surface area (Å²) in [5.74, 6) is -1.57. The Kier molecular flexibility index (Phi) is 17.4. The summed E-state index contributed by atoms with van der Waals surface area (Å²) >= 11 is -1.14. The molecule has 12 nitrogen and oxygen atoms in total. The second-order valence-corrected chi connectivity index (χ2v) is 16.7. The Morgan fingerprint density at radius 3 is 2.22 bits per heavy atom. The first-order chi connectivity index (χ1) is 23.4. The van der Waals surface area contributed by atoms with E-state index in [4.69, 9.17) is 15.2 Å². The van der Waals surface area contributed by atoms with E-state index in [0.29, 0.717) is 22.0 Å². The van der Waals surface area contributed by atoms with Crippen molar-refractivity contribution in [1.82, 2.24) is 18.6 Å². The van der Waals surface area contributed by atoms with Gasteiger partial charge in [-0.25, -0.2) is 0 Å². The lowest BCUT2D eigenvalue weighted by atomic mass is 9.90. The fourth-order valence-electron chi connectivity index (χ4n) is 6.45. The van der Waals surface area contributed by atoms with Gasteiger partial charge >= 0.3 is 0 Å². The first-order valence-corrected chi connectivity index (χ1v) is 19.8. The molecule has 1 aliphatic heterocycles. The molecule has 1 aromatic carbocycles. The number of halogens is 1. The number of hydrogen-bond acceptors (Lipinski definition) is 8. The molecule has 0 saturated carbocycles. The van der Waals surface area contributed by atoms with Gasteiger partial charge in [-0.05, 0) is 51.0 Å². The molecule has 8 atom stereocenters. The molecule has 0 radical (unpaired) electrons. The Morgan fingerprint density at radius 2 is 1.70 bits per heavy atom. The van der Waals surface area contributed by atoms with Gasteiger partial charge in [-0.1, -0.05) is 71.4 Å². The van der Waals surface area contributed by atoms with E-state index >= 15 is 0 Å². The number of nitrogens with two attached hydrogens (primary N) is 1. The quantitative estimate of drug-likeness (QED) is 0.129. The summed E-state index contributed by atoms with van der Waals surface area (Å²) in [5, 5.41) is 13.7. The van der Waals surface area contributed by atoms with Crippen molar-refractivity contribution in [3.05, 3.63) is 35.9 Å². The highest BCUT2D eigenvalue weighted by molar-refractivity contribution is 14.2. The number of methoxy groups -OCH3 is 2. The molecule has 0 bridgehead atoms. The van der Waals surface area contributed by atoms with Crippen molar-refractivity contribution in [2.45, 2.75) is 123 Å². The minimum atomic E-state index is -1.14. The average Bonchev–Trinajstić information content (AvgIpc) is 3.56. The van der Waals surface area contributed by atoms with Gasteiger partial charge in [0.15, 0.2) is 0 Å². The number of amides is 4. The Morgan fingerprint density at radius 1 is 1.08 bits per heavy atom. The molecule has 0 spiro atoms. The molecule has 2 rings (SSSR count). The van der Waals surface area contributed by atoms with Crippen LogP contribution >= 0.6 is 21.0 Å². The first kappa shape index (κ1) is 43.7. The topological polar surface area (TPSA) is 164 Å². The van der Waals surface area contributed by atoms with Gasteiger partial charge in [0.05, 0.1) is 57.8 Å². The normalized spacial score (nSPS) is 19.8. The van der Waals surface area contributed by atoms with E-state index in [1.165, 1.54) is 0 Å². The molecule has 284 valence electrons. The summed E-state index contributed by atoms with van der Waals surface area (Å²) in [6, 6.07) is 7.90. The van der Waals surface area contributed by atoms with Crippen molar-refractivity contribution >= 4 is 48.1 Å². The molecule has 4 amide bonds. The first-order valence-electron chi connectivity index (χ1n) is 17.7. The van der Waals surface area contributed by atoms with Crippen molar-refractivity contribution in [1.29, 1.82) is 0 Å². The fraction of sp³-hybridized carbons (Fsp3) is 0.703. The van der Waals surface area contributed by atoms with Gasteiger partial charge in [-0.3, -0.25) is 19.2 Å². The van der Waals surface area contributed by atoms with Crippen LogP contribution in [0.2, 0.25) is 0 Å². The van der Waals surface area contributed by atoms with E-state index in [1.807, 2.05) is 58.0 Å². The number of hydrogen-bond donors (Lipinski definition) is 4. The van der Waals surface area contributed by atoms with Crippen LogP contribution in [-0.2, 0) is 28.7 Å². The summed E-state index contributed by atoms with van der Waals surface area (Å²) in [7, 11) is 4.86. The maximum absolute atomic E-state index is 14.1. The summed E-state index contributed by atoms with van der Waals surface area (Å²) in [4.78, 5) is 57.5. The van der Waals surface area contributed by atoms with Crippen LogP contribution in [0.5, 0.6) is 0 Å². The van der Waals surface area contributed by atoms with Crippen molar-refractivity contribution in [3.8, 4) is 0 Å². The second kappa shape index (κ2) is 20.0. The fourth-order valence-corrected chi connectivity index (χ4v) is 8.91. The standard InChI is InChI=1S/C37H62IN5O7/c1-12-23(4)31(42(9)35(47)30(22(2)3)38-41-36(48)37(7,8)39)28(49-10)21-29(44)43-20-16-19-27(43)33(50-11)24(5)34(46)40-25(6)32(45)26-17-14-13-15-18-26/h13-15,17-18,22-25,27-28,31-33,45H,12,16,19-21,39H2,1-11H3,(H,40,46)(H,41,48)/t23-,24+,25+,27-,28+,31-,32+,33+/m0/s1. The number of carbonyl (C=O) groups excluding carboxylic acids is 4. The molecule has 1 heterocycles. The van der Waals surface area contributed by atoms with Gasteiger partial charge in [0.1, 0.15) is 0 Å². The van der Waals surface area contributed by atoms with E-state index < -0.39 is 62.9 Å². The Labute approximate surface area is 309 Å². The molecule has 50 heavy (non-hydrogen) atoms. The molecular formula is C37H62IN5O7. The number of ether oxygens (including phenoxy) is 2. The predicted octanol–water partition coefficient (Wildman–Crippen LogP) is 3.71. The van der Waals surface area contributed by atoms with Crippen molar-refractivity contribution in [2.75, 3.05) is 27.8 Å². The molecule has 1 saturated heterocycles. The molecule has 0 aromatic heterocycles. The zero-order valence-electron chi connectivity index (χ0n) is 31.9. The van der Waals surface area contributed by atoms with E-state index in [2.05, 4.69) is 8.85 Å². The monoisotopic (exact) mass is 815 g/mol. The molecule has 0 unspecified atom stereocenters. The average molecular weight is 816 g/mol. The number of benzene rings is 1. The van der Waals surface area contributed by atoms with Crippen LogP contribution in [-0.4, -0.2) is 106 Å². The summed E-state index contributed by atoms with van der Waals surface area (Å²) < 4.78 is 15.4. The van der Waals surface area contributed by atoms with Crippen LogP contribution in [0.4, 0.5) is 0 Å². The van der Waals surface area contributed by atoms with Crippen LogP contribution in [0.1, 0.15) is 92.7 Å². The van der Waals surface area contributed by atoms with Crippen molar-refractivity contribution < 1.29 is 33.8 Å². The minimum absolute atomic E-state index is 0.00363. The number of carbonyl (C=O) groups is 4. The number of likely N-dealkylation sites (N-methyl/N-ethyl adjacent to an activating group) is 1. The van der Waals surface area contributed by atoms with Crippen LogP contribution in [0.25, 0.3) is 0 Å². The third-order valence-electron chi connectivity index (χ3n) is 9.75. The van der Waals surface area contributed by atoms with Crippen LogP contribution in [0.3, 0.4) is 0 Å². The van der Waals surface area contributed by atoms with Crippen molar-refractivity contribution in [3.63, 3.8) is 0 Å². The number of nitrogens with zero attached hydrogens (tertiary/aromatic N) is 2. The third-order valence-corrected chi connectivity index (χ3v) is 12.8. The smallest absolute Gasteiger partial charge is 0.257 e. The molecule has 0 aliphatic carbocycles. The third kappa shape index (κ3) is 11.5. The Hall–Kier alpha value is -2.46. The predicted molar refractivity (Wildman–Crippen MR) is 205 cm³/mol. The molecule has 13 heteroatoms. The van der Waals surface area contributed by atoms with Gasteiger partial charge in [0.25, 0.3) is 5.91 Å². The largest absolute Gasteiger partial charge is 0.386 e. The van der Waals surface area contributed by atoms with E-state index in [1.54, 1.807) is 58.8 Å². The van der Waals surface area contributed by atoms with Gasteiger partial charge in [0, 0.05) is 48.8 Å². The number of aliphatic hydroxyl groups is 1. The second-order valence-electron chi connectivity index (χ2n) is 14.5. The highest BCUT2D eigenvalue weighted by atomic mass is 127. The van der Waals surface area contributed by atoms with Crippen LogP contribution < -0.4 is 14.6 Å². The highest BCUT2D eigenvalue weighted by Gasteiger charge is 2.42. The molecule has 1 aliphatic rings. The number of likely N-dealkylation sites (tertiary alicyclic amines) is 1. The van der Waals surface area contributed by atoms with Gasteiger partial charge in [0.2, 0.25) is 17.7 Å². The maximum Gasteiger partial charge on any atom is 0.257 e. The lowest BCUT2D eigenvalue weighted by Gasteiger charge is -2.39. The molecule has 5 N–H and O–H groups in total. The zero-order valence-corrected chi connectivity index (χ0v) is 34.0. The maximum atomic E-state index is 14.1. The number of aliphatic hydroxyl groups excluding tert-OH is 1. The number of rotatable bonds is 18. The van der Waals surface area contributed by atoms with Gasteiger partial charge in [-0.15, -0.1) is 0 Å².